The third-order valence-electron chi connectivity index (χ3n) is 2.05. The van der Waals surface area contributed by atoms with Crippen LogP contribution in [0.4, 0.5) is 0 Å². The number of carbonyl (C=O) groups is 1. The van der Waals surface area contributed by atoms with Crippen LogP contribution < -0.4 is 5.43 Å². The molecular formula is C12H11N3OS. The third kappa shape index (κ3) is 3.22. The van der Waals surface area contributed by atoms with E-state index in [1.165, 1.54) is 11.3 Å². The average molecular weight is 245 g/mol. The van der Waals surface area contributed by atoms with Crippen LogP contribution >= 0.6 is 11.3 Å². The summed E-state index contributed by atoms with van der Waals surface area (Å²) in [5.41, 5.74) is 3.37. The number of rotatable bonds is 3. The summed E-state index contributed by atoms with van der Waals surface area (Å²) in [6.45, 7) is 1.96. The van der Waals surface area contributed by atoms with Crippen molar-refractivity contribution in [2.45, 2.75) is 6.92 Å². The van der Waals surface area contributed by atoms with Crippen molar-refractivity contribution in [2.75, 3.05) is 0 Å². The molecule has 0 unspecified atom stereocenters. The van der Waals surface area contributed by atoms with Gasteiger partial charge < -0.3 is 0 Å². The molecule has 0 atom stereocenters. The maximum atomic E-state index is 11.6. The predicted octanol–water partition coefficient (Wildman–Crippen LogP) is 2.22. The van der Waals surface area contributed by atoms with Gasteiger partial charge in [-0.3, -0.25) is 9.78 Å². The number of aromatic nitrogens is 1. The Balaban J connectivity index is 1.95. The second-order valence-electron chi connectivity index (χ2n) is 3.39. The van der Waals surface area contributed by atoms with Crippen LogP contribution in [-0.2, 0) is 0 Å². The summed E-state index contributed by atoms with van der Waals surface area (Å²) in [5, 5.41) is 3.88. The number of pyridine rings is 1. The van der Waals surface area contributed by atoms with Crippen molar-refractivity contribution < 1.29 is 4.79 Å². The lowest BCUT2D eigenvalue weighted by molar-refractivity contribution is 0.0959. The van der Waals surface area contributed by atoms with Crippen molar-refractivity contribution in [3.05, 3.63) is 52.0 Å². The van der Waals surface area contributed by atoms with Gasteiger partial charge in [0.05, 0.1) is 11.1 Å². The molecule has 0 saturated carbocycles. The summed E-state index contributed by atoms with van der Waals surface area (Å²) < 4.78 is 0. The molecule has 0 radical (unpaired) electrons. The van der Waals surface area contributed by atoms with Gasteiger partial charge in [-0.2, -0.15) is 5.10 Å². The molecule has 17 heavy (non-hydrogen) atoms. The first kappa shape index (κ1) is 11.5. The maximum absolute atomic E-state index is 11.6. The highest BCUT2D eigenvalue weighted by molar-refractivity contribution is 7.13. The second-order valence-corrected chi connectivity index (χ2v) is 4.68. The number of hydrazone groups is 1. The van der Waals surface area contributed by atoms with Crippen molar-refractivity contribution in [3.8, 4) is 0 Å². The standard InChI is InChI=1S/C12H11N3OS/c1-9-2-3-11(17-9)12(16)15-14-8-10-4-6-13-7-5-10/h2-8H,1H3,(H,15,16)/b14-8-. The van der Waals surface area contributed by atoms with Gasteiger partial charge in [0.2, 0.25) is 0 Å². The molecule has 0 aliphatic heterocycles. The van der Waals surface area contributed by atoms with Gasteiger partial charge in [-0.15, -0.1) is 11.3 Å². The van der Waals surface area contributed by atoms with Crippen LogP contribution in [-0.4, -0.2) is 17.1 Å². The second kappa shape index (κ2) is 5.36. The molecule has 2 aromatic rings. The van der Waals surface area contributed by atoms with Gasteiger partial charge >= 0.3 is 0 Å². The predicted molar refractivity (Wildman–Crippen MR) is 68.4 cm³/mol. The molecular weight excluding hydrogens is 234 g/mol. The lowest BCUT2D eigenvalue weighted by atomic mass is 10.3. The number of aryl methyl sites for hydroxylation is 1. The average Bonchev–Trinajstić information content (AvgIpc) is 2.77. The first-order chi connectivity index (χ1) is 8.25. The van der Waals surface area contributed by atoms with E-state index in [9.17, 15) is 4.79 Å². The van der Waals surface area contributed by atoms with E-state index in [-0.39, 0.29) is 5.91 Å². The molecule has 0 spiro atoms. The Hall–Kier alpha value is -2.01. The van der Waals surface area contributed by atoms with Crippen molar-refractivity contribution in [2.24, 2.45) is 5.10 Å². The molecule has 0 aliphatic rings. The number of nitrogens with one attached hydrogen (secondary N) is 1. The molecule has 0 fully saturated rings. The molecule has 4 nitrogen and oxygen atoms in total. The summed E-state index contributed by atoms with van der Waals surface area (Å²) in [6.07, 6.45) is 4.93. The minimum atomic E-state index is -0.187. The lowest BCUT2D eigenvalue weighted by Crippen LogP contribution is -2.16. The number of thiophene rings is 1. The Labute approximate surface area is 103 Å². The molecule has 2 aromatic heterocycles. The van der Waals surface area contributed by atoms with Gasteiger partial charge in [0.15, 0.2) is 0 Å². The Kier molecular flexibility index (Phi) is 3.62. The van der Waals surface area contributed by atoms with Crippen molar-refractivity contribution in [1.29, 1.82) is 0 Å². The van der Waals surface area contributed by atoms with E-state index in [0.717, 1.165) is 10.4 Å². The maximum Gasteiger partial charge on any atom is 0.281 e. The first-order valence-corrected chi connectivity index (χ1v) is 5.87. The van der Waals surface area contributed by atoms with Crippen LogP contribution in [0.1, 0.15) is 20.1 Å². The van der Waals surface area contributed by atoms with Gasteiger partial charge in [-0.25, -0.2) is 5.43 Å². The van der Waals surface area contributed by atoms with Crippen LogP contribution in [0.25, 0.3) is 0 Å². The molecule has 1 N–H and O–H groups in total. The van der Waals surface area contributed by atoms with Crippen LogP contribution in [0.2, 0.25) is 0 Å². The zero-order valence-corrected chi connectivity index (χ0v) is 10.1. The molecule has 2 rings (SSSR count). The highest BCUT2D eigenvalue weighted by atomic mass is 32.1. The van der Waals surface area contributed by atoms with E-state index in [0.29, 0.717) is 4.88 Å². The van der Waals surface area contributed by atoms with Gasteiger partial charge in [0.25, 0.3) is 5.91 Å². The summed E-state index contributed by atoms with van der Waals surface area (Å²) in [4.78, 5) is 17.3. The number of nitrogens with zero attached hydrogens (tertiary/aromatic N) is 2. The van der Waals surface area contributed by atoms with Gasteiger partial charge in [-0.05, 0) is 36.8 Å². The van der Waals surface area contributed by atoms with Crippen molar-refractivity contribution >= 4 is 23.5 Å². The molecule has 0 aliphatic carbocycles. The zero-order chi connectivity index (χ0) is 12.1. The summed E-state index contributed by atoms with van der Waals surface area (Å²) >= 11 is 1.45. The van der Waals surface area contributed by atoms with Crippen LogP contribution in [0.15, 0.2) is 41.8 Å². The fourth-order valence-corrected chi connectivity index (χ4v) is 1.98. The molecule has 86 valence electrons. The minimum Gasteiger partial charge on any atom is -0.266 e. The minimum absolute atomic E-state index is 0.187. The Morgan fingerprint density at radius 2 is 2.12 bits per heavy atom. The highest BCUT2D eigenvalue weighted by Gasteiger charge is 2.05. The first-order valence-electron chi connectivity index (χ1n) is 5.05. The van der Waals surface area contributed by atoms with E-state index in [1.54, 1.807) is 24.7 Å². The molecule has 1 amide bonds. The van der Waals surface area contributed by atoms with Crippen LogP contribution in [0, 0.1) is 6.92 Å². The molecule has 0 aromatic carbocycles. The SMILES string of the molecule is Cc1ccc(C(=O)N/N=C\c2ccncc2)s1. The Morgan fingerprint density at radius 3 is 2.76 bits per heavy atom. The number of hydrogen-bond acceptors (Lipinski definition) is 4. The van der Waals surface area contributed by atoms with E-state index < -0.39 is 0 Å². The van der Waals surface area contributed by atoms with E-state index in [2.05, 4.69) is 15.5 Å². The van der Waals surface area contributed by atoms with E-state index in [1.807, 2.05) is 25.1 Å². The molecule has 0 saturated heterocycles. The number of amides is 1. The topological polar surface area (TPSA) is 54.4 Å². The lowest BCUT2D eigenvalue weighted by Gasteiger charge is -1.95. The highest BCUT2D eigenvalue weighted by Crippen LogP contribution is 2.14. The summed E-state index contributed by atoms with van der Waals surface area (Å²) in [5.74, 6) is -0.187. The fourth-order valence-electron chi connectivity index (χ4n) is 1.23. The number of carbonyl (C=O) groups excluding carboxylic acids is 1. The molecule has 0 bridgehead atoms. The fraction of sp³-hybridized carbons (Fsp3) is 0.0833. The van der Waals surface area contributed by atoms with Crippen LogP contribution in [0.3, 0.4) is 0 Å². The zero-order valence-electron chi connectivity index (χ0n) is 9.25. The van der Waals surface area contributed by atoms with Crippen LogP contribution in [0.5, 0.6) is 0 Å². The van der Waals surface area contributed by atoms with E-state index >= 15 is 0 Å². The number of hydrogen-bond donors (Lipinski definition) is 1. The third-order valence-corrected chi connectivity index (χ3v) is 3.05. The van der Waals surface area contributed by atoms with Crippen molar-refractivity contribution in [1.82, 2.24) is 10.4 Å². The van der Waals surface area contributed by atoms with Gasteiger partial charge in [0.1, 0.15) is 0 Å². The Bertz CT molecular complexity index is 534. The monoisotopic (exact) mass is 245 g/mol. The van der Waals surface area contributed by atoms with Crippen molar-refractivity contribution in [3.63, 3.8) is 0 Å². The quantitative estimate of drug-likeness (QED) is 0.666. The normalized spacial score (nSPS) is 10.6. The molecule has 2 heterocycles. The molecule has 5 heteroatoms. The van der Waals surface area contributed by atoms with Gasteiger partial charge in [-0.1, -0.05) is 0 Å². The largest absolute Gasteiger partial charge is 0.281 e. The summed E-state index contributed by atoms with van der Waals surface area (Å²) in [7, 11) is 0. The van der Waals surface area contributed by atoms with E-state index in [4.69, 9.17) is 0 Å². The smallest absolute Gasteiger partial charge is 0.266 e. The summed E-state index contributed by atoms with van der Waals surface area (Å²) in [6, 6.07) is 7.32. The van der Waals surface area contributed by atoms with Gasteiger partial charge in [0, 0.05) is 17.3 Å². The Morgan fingerprint density at radius 1 is 1.35 bits per heavy atom.